The summed E-state index contributed by atoms with van der Waals surface area (Å²) >= 11 is 6.07. The van der Waals surface area contributed by atoms with Gasteiger partial charge in [-0.2, -0.15) is 4.98 Å². The molecule has 2 aromatic heterocycles. The summed E-state index contributed by atoms with van der Waals surface area (Å²) in [5, 5.41) is 4.42. The van der Waals surface area contributed by atoms with Gasteiger partial charge < -0.3 is 10.1 Å². The number of pyridine rings is 1. The largest absolute Gasteiger partial charge is 0.437 e. The number of hydrogen-bond donors (Lipinski definition) is 1. The molecule has 0 fully saturated rings. The molecule has 2 heterocycles. The first-order valence-electron chi connectivity index (χ1n) is 6.55. The molecule has 0 aliphatic carbocycles. The third-order valence-corrected chi connectivity index (χ3v) is 3.10. The van der Waals surface area contributed by atoms with Gasteiger partial charge in [-0.25, -0.2) is 4.98 Å². The van der Waals surface area contributed by atoms with Crippen LogP contribution in [-0.2, 0) is 0 Å². The zero-order valence-corrected chi connectivity index (χ0v) is 12.1. The molecule has 0 atom stereocenters. The number of aromatic nitrogens is 3. The van der Waals surface area contributed by atoms with Gasteiger partial charge in [-0.1, -0.05) is 17.7 Å². The molecule has 0 aliphatic heterocycles. The van der Waals surface area contributed by atoms with Crippen molar-refractivity contribution in [3.8, 4) is 11.6 Å². The molecule has 1 aromatic carbocycles. The van der Waals surface area contributed by atoms with Crippen molar-refractivity contribution in [2.45, 2.75) is 6.92 Å². The molecule has 0 saturated heterocycles. The Morgan fingerprint density at radius 1 is 1.24 bits per heavy atom. The van der Waals surface area contributed by atoms with E-state index in [1.807, 2.05) is 37.3 Å². The van der Waals surface area contributed by atoms with Crippen LogP contribution in [0.25, 0.3) is 10.9 Å². The molecular formula is C15H13ClN4O. The van der Waals surface area contributed by atoms with Gasteiger partial charge in [-0.05, 0) is 25.1 Å². The van der Waals surface area contributed by atoms with Gasteiger partial charge in [-0.3, -0.25) is 4.98 Å². The molecule has 0 bridgehead atoms. The minimum absolute atomic E-state index is 0.317. The Morgan fingerprint density at radius 3 is 3.00 bits per heavy atom. The number of halogens is 1. The first-order valence-corrected chi connectivity index (χ1v) is 6.93. The highest BCUT2D eigenvalue weighted by molar-refractivity contribution is 6.31. The molecule has 0 saturated carbocycles. The Kier molecular flexibility index (Phi) is 3.83. The normalized spacial score (nSPS) is 10.6. The molecule has 1 N–H and O–H groups in total. The molecule has 3 aromatic rings. The number of nitrogens with zero attached hydrogens (tertiary/aromatic N) is 3. The molecule has 0 unspecified atom stereocenters. The first-order chi connectivity index (χ1) is 10.3. The van der Waals surface area contributed by atoms with Crippen LogP contribution in [0.1, 0.15) is 6.92 Å². The van der Waals surface area contributed by atoms with E-state index in [9.17, 15) is 0 Å². The molecule has 0 radical (unpaired) electrons. The summed E-state index contributed by atoms with van der Waals surface area (Å²) < 4.78 is 5.74. The second-order valence-corrected chi connectivity index (χ2v) is 4.74. The van der Waals surface area contributed by atoms with E-state index in [1.54, 1.807) is 6.20 Å². The Balaban J connectivity index is 1.92. The van der Waals surface area contributed by atoms with E-state index in [4.69, 9.17) is 16.3 Å². The maximum Gasteiger partial charge on any atom is 0.243 e. The van der Waals surface area contributed by atoms with Gasteiger partial charge in [0.1, 0.15) is 10.8 Å². The molecule has 106 valence electrons. The van der Waals surface area contributed by atoms with Crippen LogP contribution in [0, 0.1) is 0 Å². The van der Waals surface area contributed by atoms with Crippen LogP contribution in [0.2, 0.25) is 5.02 Å². The fraction of sp³-hybridized carbons (Fsp3) is 0.133. The van der Waals surface area contributed by atoms with Crippen molar-refractivity contribution in [2.75, 3.05) is 11.9 Å². The summed E-state index contributed by atoms with van der Waals surface area (Å²) in [4.78, 5) is 12.6. The number of ether oxygens (including phenoxy) is 1. The minimum atomic E-state index is 0.317. The summed E-state index contributed by atoms with van der Waals surface area (Å²) in [5.74, 6) is 1.43. The van der Waals surface area contributed by atoms with Crippen molar-refractivity contribution in [1.29, 1.82) is 0 Å². The van der Waals surface area contributed by atoms with Crippen LogP contribution in [-0.4, -0.2) is 21.5 Å². The number of hydrogen-bond acceptors (Lipinski definition) is 5. The molecular weight excluding hydrogens is 288 g/mol. The highest BCUT2D eigenvalue weighted by Crippen LogP contribution is 2.29. The number of rotatable bonds is 4. The third kappa shape index (κ3) is 3.03. The number of anilines is 1. The van der Waals surface area contributed by atoms with E-state index in [-0.39, 0.29) is 0 Å². The van der Waals surface area contributed by atoms with Gasteiger partial charge in [0, 0.05) is 24.2 Å². The lowest BCUT2D eigenvalue weighted by Crippen LogP contribution is -2.02. The number of benzene rings is 1. The summed E-state index contributed by atoms with van der Waals surface area (Å²) in [5.41, 5.74) is 0.854. The second kappa shape index (κ2) is 5.93. The minimum Gasteiger partial charge on any atom is -0.437 e. The van der Waals surface area contributed by atoms with E-state index in [1.165, 1.54) is 6.20 Å². The van der Waals surface area contributed by atoms with Crippen LogP contribution in [0.3, 0.4) is 0 Å². The predicted octanol–water partition coefficient (Wildman–Crippen LogP) is 3.90. The fourth-order valence-corrected chi connectivity index (χ4v) is 2.02. The average molecular weight is 301 g/mol. The molecule has 6 heteroatoms. The van der Waals surface area contributed by atoms with Crippen LogP contribution in [0.15, 0.2) is 42.7 Å². The average Bonchev–Trinajstić information content (AvgIpc) is 2.51. The van der Waals surface area contributed by atoms with Crippen molar-refractivity contribution in [3.63, 3.8) is 0 Å². The van der Waals surface area contributed by atoms with Gasteiger partial charge in [0.15, 0.2) is 0 Å². The lowest BCUT2D eigenvalue weighted by molar-refractivity contribution is 0.463. The van der Waals surface area contributed by atoms with Gasteiger partial charge in [0.05, 0.1) is 11.7 Å². The van der Waals surface area contributed by atoms with Gasteiger partial charge in [0.25, 0.3) is 0 Å². The quantitative estimate of drug-likeness (QED) is 0.792. The smallest absolute Gasteiger partial charge is 0.243 e. The third-order valence-electron chi connectivity index (χ3n) is 2.84. The van der Waals surface area contributed by atoms with E-state index in [0.717, 1.165) is 17.4 Å². The Hall–Kier alpha value is -2.40. The molecule has 21 heavy (non-hydrogen) atoms. The first kappa shape index (κ1) is 13.6. The monoisotopic (exact) mass is 300 g/mol. The fourth-order valence-electron chi connectivity index (χ4n) is 1.89. The highest BCUT2D eigenvalue weighted by atomic mass is 35.5. The zero-order chi connectivity index (χ0) is 14.7. The van der Waals surface area contributed by atoms with Crippen molar-refractivity contribution in [1.82, 2.24) is 15.0 Å². The van der Waals surface area contributed by atoms with Crippen molar-refractivity contribution in [3.05, 3.63) is 47.7 Å². The summed E-state index contributed by atoms with van der Waals surface area (Å²) in [6.45, 7) is 2.69. The van der Waals surface area contributed by atoms with Crippen molar-refractivity contribution in [2.24, 2.45) is 0 Å². The van der Waals surface area contributed by atoms with E-state index in [2.05, 4.69) is 20.3 Å². The van der Waals surface area contributed by atoms with Gasteiger partial charge in [0.2, 0.25) is 11.8 Å². The van der Waals surface area contributed by atoms with E-state index in [0.29, 0.717) is 22.6 Å². The standard InChI is InChI=1S/C15H13ClN4O/c1-2-17-15-19-9-12(16)14(20-15)21-11-6-5-10-4-3-7-18-13(10)8-11/h3-9H,2H2,1H3,(H,17,19,20). The number of nitrogens with one attached hydrogen (secondary N) is 1. The lowest BCUT2D eigenvalue weighted by atomic mass is 10.2. The molecule has 5 nitrogen and oxygen atoms in total. The van der Waals surface area contributed by atoms with E-state index >= 15 is 0 Å². The van der Waals surface area contributed by atoms with Gasteiger partial charge in [-0.15, -0.1) is 0 Å². The highest BCUT2D eigenvalue weighted by Gasteiger charge is 2.08. The molecule has 3 rings (SSSR count). The summed E-state index contributed by atoms with van der Waals surface area (Å²) in [6, 6.07) is 9.54. The van der Waals surface area contributed by atoms with Crippen molar-refractivity contribution >= 4 is 28.5 Å². The summed E-state index contributed by atoms with van der Waals surface area (Å²) in [7, 11) is 0. The lowest BCUT2D eigenvalue weighted by Gasteiger charge is -2.08. The maximum absolute atomic E-state index is 6.07. The predicted molar refractivity (Wildman–Crippen MR) is 83.0 cm³/mol. The van der Waals surface area contributed by atoms with Crippen LogP contribution in [0.4, 0.5) is 5.95 Å². The van der Waals surface area contributed by atoms with Gasteiger partial charge >= 0.3 is 0 Å². The van der Waals surface area contributed by atoms with Crippen LogP contribution < -0.4 is 10.1 Å². The molecule has 0 amide bonds. The second-order valence-electron chi connectivity index (χ2n) is 4.34. The molecule has 0 spiro atoms. The zero-order valence-electron chi connectivity index (χ0n) is 11.4. The van der Waals surface area contributed by atoms with Crippen LogP contribution >= 0.6 is 11.6 Å². The summed E-state index contributed by atoms with van der Waals surface area (Å²) in [6.07, 6.45) is 3.26. The molecule has 0 aliphatic rings. The maximum atomic E-state index is 6.07. The SMILES string of the molecule is CCNc1ncc(Cl)c(Oc2ccc3cccnc3c2)n1. The Labute approximate surface area is 127 Å². The van der Waals surface area contributed by atoms with Crippen LogP contribution in [0.5, 0.6) is 11.6 Å². The number of fused-ring (bicyclic) bond motifs is 1. The van der Waals surface area contributed by atoms with E-state index < -0.39 is 0 Å². The Morgan fingerprint density at radius 2 is 2.14 bits per heavy atom. The Bertz CT molecular complexity index is 778. The topological polar surface area (TPSA) is 59.9 Å². The van der Waals surface area contributed by atoms with Crippen molar-refractivity contribution < 1.29 is 4.74 Å².